The number of nitrogens with zero attached hydrogens (tertiary/aromatic N) is 3. The van der Waals surface area contributed by atoms with E-state index in [1.54, 1.807) is 0 Å². The van der Waals surface area contributed by atoms with E-state index in [9.17, 15) is 0 Å². The summed E-state index contributed by atoms with van der Waals surface area (Å²) >= 11 is 0. The van der Waals surface area contributed by atoms with Crippen LogP contribution in [-0.4, -0.2) is 29.8 Å². The van der Waals surface area contributed by atoms with Gasteiger partial charge in [-0.2, -0.15) is 4.98 Å². The van der Waals surface area contributed by atoms with Gasteiger partial charge in [0.05, 0.1) is 6.54 Å². The maximum atomic E-state index is 5.30. The fourth-order valence-corrected chi connectivity index (χ4v) is 2.42. The van der Waals surface area contributed by atoms with Crippen LogP contribution >= 0.6 is 0 Å². The summed E-state index contributed by atoms with van der Waals surface area (Å²) in [6, 6.07) is 0. The smallest absolute Gasteiger partial charge is 0.266 e. The van der Waals surface area contributed by atoms with Gasteiger partial charge in [0, 0.05) is 13.1 Å². The van der Waals surface area contributed by atoms with Crippen molar-refractivity contribution in [1.29, 1.82) is 0 Å². The predicted octanol–water partition coefficient (Wildman–Crippen LogP) is 1.95. The second-order valence-corrected chi connectivity index (χ2v) is 5.46. The molecule has 0 spiro atoms. The van der Waals surface area contributed by atoms with Crippen LogP contribution in [0.2, 0.25) is 0 Å². The van der Waals surface area contributed by atoms with Crippen molar-refractivity contribution < 1.29 is 4.52 Å². The third-order valence-electron chi connectivity index (χ3n) is 3.75. The van der Waals surface area contributed by atoms with Crippen LogP contribution < -0.4 is 10.2 Å². The number of nitrogens with one attached hydrogen (secondary N) is 1. The van der Waals surface area contributed by atoms with Crippen molar-refractivity contribution in [2.45, 2.75) is 45.1 Å². The molecule has 5 nitrogen and oxygen atoms in total. The van der Waals surface area contributed by atoms with Gasteiger partial charge in [-0.1, -0.05) is 12.8 Å². The molecular weight excluding hydrogens is 228 g/mol. The third-order valence-corrected chi connectivity index (χ3v) is 3.75. The molecule has 2 heterocycles. The Morgan fingerprint density at radius 1 is 1.17 bits per heavy atom. The van der Waals surface area contributed by atoms with Gasteiger partial charge in [0.1, 0.15) is 0 Å². The molecule has 0 amide bonds. The third kappa shape index (κ3) is 3.22. The summed E-state index contributed by atoms with van der Waals surface area (Å²) in [6.45, 7) is 3.92. The minimum absolute atomic E-state index is 0.706. The van der Waals surface area contributed by atoms with Gasteiger partial charge in [-0.25, -0.2) is 0 Å². The second-order valence-electron chi connectivity index (χ2n) is 5.46. The molecular formula is C13H22N4O. The van der Waals surface area contributed by atoms with E-state index in [1.165, 1.54) is 38.5 Å². The van der Waals surface area contributed by atoms with E-state index in [-0.39, 0.29) is 0 Å². The Bertz CT molecular complexity index is 367. The Kier molecular flexibility index (Phi) is 3.78. The minimum Gasteiger partial charge on any atom is -0.338 e. The minimum atomic E-state index is 0.706. The summed E-state index contributed by atoms with van der Waals surface area (Å²) in [5.74, 6) is 2.38. The Hall–Kier alpha value is -1.10. The van der Waals surface area contributed by atoms with Gasteiger partial charge in [-0.15, -0.1) is 0 Å². The van der Waals surface area contributed by atoms with Crippen LogP contribution in [0, 0.1) is 5.92 Å². The fraction of sp³-hybridized carbons (Fsp3) is 0.846. The highest BCUT2D eigenvalue weighted by molar-refractivity contribution is 5.27. The zero-order valence-electron chi connectivity index (χ0n) is 10.9. The summed E-state index contributed by atoms with van der Waals surface area (Å²) in [6.07, 6.45) is 7.87. The molecule has 1 aromatic rings. The van der Waals surface area contributed by atoms with Gasteiger partial charge in [-0.3, -0.25) is 0 Å². The van der Waals surface area contributed by atoms with Crippen LogP contribution in [-0.2, 0) is 6.54 Å². The zero-order chi connectivity index (χ0) is 12.2. The molecule has 5 heteroatoms. The lowest BCUT2D eigenvalue weighted by atomic mass is 10.2. The number of rotatable bonds is 5. The van der Waals surface area contributed by atoms with Crippen molar-refractivity contribution in [1.82, 2.24) is 15.5 Å². The fourth-order valence-electron chi connectivity index (χ4n) is 2.42. The summed E-state index contributed by atoms with van der Waals surface area (Å²) in [5, 5.41) is 7.47. The molecule has 1 saturated carbocycles. The maximum absolute atomic E-state index is 5.30. The Labute approximate surface area is 108 Å². The van der Waals surface area contributed by atoms with Gasteiger partial charge in [0.15, 0.2) is 0 Å². The summed E-state index contributed by atoms with van der Waals surface area (Å²) < 4.78 is 5.30. The lowest BCUT2D eigenvalue weighted by Crippen LogP contribution is -2.25. The van der Waals surface area contributed by atoms with Crippen molar-refractivity contribution >= 4 is 5.95 Å². The lowest BCUT2D eigenvalue weighted by Gasteiger charge is -2.16. The van der Waals surface area contributed by atoms with Crippen LogP contribution in [0.3, 0.4) is 0 Å². The van der Waals surface area contributed by atoms with Crippen molar-refractivity contribution in [2.24, 2.45) is 5.92 Å². The molecule has 2 aliphatic rings. The molecule has 1 aliphatic carbocycles. The van der Waals surface area contributed by atoms with Gasteiger partial charge in [0.2, 0.25) is 5.89 Å². The van der Waals surface area contributed by atoms with E-state index >= 15 is 0 Å². The highest BCUT2D eigenvalue weighted by Gasteiger charge is 2.21. The summed E-state index contributed by atoms with van der Waals surface area (Å²) in [5.41, 5.74) is 0. The first kappa shape index (κ1) is 12.0. The van der Waals surface area contributed by atoms with Crippen molar-refractivity contribution in [2.75, 3.05) is 24.5 Å². The average Bonchev–Trinajstić information content (AvgIpc) is 3.14. The Morgan fingerprint density at radius 2 is 1.94 bits per heavy atom. The van der Waals surface area contributed by atoms with Crippen molar-refractivity contribution in [3.63, 3.8) is 0 Å². The number of hydrogen-bond donors (Lipinski definition) is 1. The molecule has 0 bridgehead atoms. The molecule has 1 aliphatic heterocycles. The highest BCUT2D eigenvalue weighted by atomic mass is 16.5. The molecule has 0 atom stereocenters. The second kappa shape index (κ2) is 5.69. The van der Waals surface area contributed by atoms with E-state index < -0.39 is 0 Å². The molecule has 2 fully saturated rings. The summed E-state index contributed by atoms with van der Waals surface area (Å²) in [7, 11) is 0. The monoisotopic (exact) mass is 250 g/mol. The van der Waals surface area contributed by atoms with E-state index in [2.05, 4.69) is 20.4 Å². The molecule has 3 rings (SSSR count). The Balaban J connectivity index is 1.50. The molecule has 0 aromatic carbocycles. The van der Waals surface area contributed by atoms with Crippen molar-refractivity contribution in [3.8, 4) is 0 Å². The molecule has 1 N–H and O–H groups in total. The van der Waals surface area contributed by atoms with Crippen LogP contribution in [0.1, 0.15) is 44.4 Å². The van der Waals surface area contributed by atoms with E-state index in [0.717, 1.165) is 37.4 Å². The maximum Gasteiger partial charge on any atom is 0.266 e. The SMILES string of the molecule is C1CCCN(c2noc(CNCC3CC3)n2)CC1. The summed E-state index contributed by atoms with van der Waals surface area (Å²) in [4.78, 5) is 6.73. The van der Waals surface area contributed by atoms with Crippen LogP contribution in [0.4, 0.5) is 5.95 Å². The first-order chi connectivity index (χ1) is 8.92. The van der Waals surface area contributed by atoms with Crippen LogP contribution in [0.15, 0.2) is 4.52 Å². The van der Waals surface area contributed by atoms with E-state index in [1.807, 2.05) is 0 Å². The topological polar surface area (TPSA) is 54.2 Å². The number of aromatic nitrogens is 2. The van der Waals surface area contributed by atoms with Gasteiger partial charge >= 0.3 is 0 Å². The lowest BCUT2D eigenvalue weighted by molar-refractivity contribution is 0.365. The molecule has 18 heavy (non-hydrogen) atoms. The predicted molar refractivity (Wildman–Crippen MR) is 69.4 cm³/mol. The van der Waals surface area contributed by atoms with Crippen LogP contribution in [0.5, 0.6) is 0 Å². The molecule has 0 unspecified atom stereocenters. The molecule has 1 saturated heterocycles. The zero-order valence-corrected chi connectivity index (χ0v) is 10.9. The van der Waals surface area contributed by atoms with Gasteiger partial charge in [-0.05, 0) is 43.3 Å². The first-order valence-corrected chi connectivity index (χ1v) is 7.20. The van der Waals surface area contributed by atoms with E-state index in [0.29, 0.717) is 6.54 Å². The Morgan fingerprint density at radius 3 is 2.67 bits per heavy atom. The van der Waals surface area contributed by atoms with Crippen molar-refractivity contribution in [3.05, 3.63) is 5.89 Å². The molecule has 100 valence electrons. The van der Waals surface area contributed by atoms with Crippen LogP contribution in [0.25, 0.3) is 0 Å². The first-order valence-electron chi connectivity index (χ1n) is 7.20. The largest absolute Gasteiger partial charge is 0.338 e. The average molecular weight is 250 g/mol. The quantitative estimate of drug-likeness (QED) is 0.865. The van der Waals surface area contributed by atoms with Gasteiger partial charge in [0.25, 0.3) is 5.95 Å². The van der Waals surface area contributed by atoms with Gasteiger partial charge < -0.3 is 14.7 Å². The molecule has 0 radical (unpaired) electrons. The normalized spacial score (nSPS) is 21.0. The van der Waals surface area contributed by atoms with E-state index in [4.69, 9.17) is 4.52 Å². The molecule has 1 aromatic heterocycles. The number of anilines is 1. The number of hydrogen-bond acceptors (Lipinski definition) is 5. The highest BCUT2D eigenvalue weighted by Crippen LogP contribution is 2.27. The standard InChI is InChI=1S/C13H22N4O/c1-2-4-8-17(7-3-1)13-15-12(18-16-13)10-14-9-11-5-6-11/h11,14H,1-10H2.